The molecular formula is C18H37NO5. The van der Waals surface area contributed by atoms with Gasteiger partial charge in [0.25, 0.3) is 0 Å². The van der Waals surface area contributed by atoms with Gasteiger partial charge in [-0.1, -0.05) is 0 Å². The molecule has 0 unspecified atom stereocenters. The molecule has 6 nitrogen and oxygen atoms in total. The summed E-state index contributed by atoms with van der Waals surface area (Å²) in [5.41, 5.74) is -1.09. The second kappa shape index (κ2) is 9.46. The van der Waals surface area contributed by atoms with Crippen molar-refractivity contribution in [3.05, 3.63) is 0 Å². The maximum absolute atomic E-state index is 10.3. The van der Waals surface area contributed by atoms with Crippen molar-refractivity contribution in [2.24, 2.45) is 0 Å². The molecule has 1 rings (SSSR count). The zero-order valence-electron chi connectivity index (χ0n) is 16.4. The maximum atomic E-state index is 10.3. The van der Waals surface area contributed by atoms with Gasteiger partial charge in [0.2, 0.25) is 0 Å². The lowest BCUT2D eigenvalue weighted by Gasteiger charge is -2.47. The molecule has 1 aliphatic heterocycles. The number of rotatable bonds is 11. The predicted octanol–water partition coefficient (Wildman–Crippen LogP) is 2.39. The van der Waals surface area contributed by atoms with Crippen molar-refractivity contribution >= 4 is 0 Å². The molecule has 144 valence electrons. The number of hydroxylamine groups is 2. The van der Waals surface area contributed by atoms with Crippen LogP contribution in [0, 0.1) is 0 Å². The van der Waals surface area contributed by atoms with Gasteiger partial charge < -0.3 is 19.3 Å². The molecule has 0 spiro atoms. The molecule has 0 aromatic heterocycles. The zero-order valence-corrected chi connectivity index (χ0v) is 16.4. The first-order valence-corrected chi connectivity index (χ1v) is 8.95. The molecule has 6 heteroatoms. The predicted molar refractivity (Wildman–Crippen MR) is 93.9 cm³/mol. The normalized spacial score (nSPS) is 18.6. The fraction of sp³-hybridized carbons (Fsp3) is 1.00. The van der Waals surface area contributed by atoms with E-state index in [1.807, 2.05) is 20.8 Å². The van der Waals surface area contributed by atoms with Crippen LogP contribution >= 0.6 is 0 Å². The third-order valence-electron chi connectivity index (χ3n) is 3.26. The molecule has 0 saturated carbocycles. The van der Waals surface area contributed by atoms with Gasteiger partial charge in [0.15, 0.2) is 0 Å². The topological polar surface area (TPSA) is 60.4 Å². The average molecular weight is 347 g/mol. The van der Waals surface area contributed by atoms with Crippen LogP contribution in [0.15, 0.2) is 0 Å². The SMILES string of the molecule is CC(C)(C)OCCCOCCCOCC1(O)CN(OC(C)(C)C)C1. The Balaban J connectivity index is 1.89. The standard InChI is InChI=1S/C18H37NO5/c1-16(2,3)23-12-8-10-21-9-7-11-22-15-18(20)13-19(14-18)24-17(4,5)6/h20H,7-15H2,1-6H3. The van der Waals surface area contributed by atoms with Crippen molar-refractivity contribution in [2.45, 2.75) is 71.2 Å². The minimum Gasteiger partial charge on any atom is -0.385 e. The second-order valence-electron chi connectivity index (χ2n) is 8.56. The van der Waals surface area contributed by atoms with Gasteiger partial charge >= 0.3 is 0 Å². The summed E-state index contributed by atoms with van der Waals surface area (Å²) in [6.07, 6.45) is 1.74. The van der Waals surface area contributed by atoms with E-state index in [0.29, 0.717) is 39.5 Å². The van der Waals surface area contributed by atoms with Crippen LogP contribution in [0.2, 0.25) is 0 Å². The van der Waals surface area contributed by atoms with Gasteiger partial charge in [-0.05, 0) is 54.4 Å². The smallest absolute Gasteiger partial charge is 0.118 e. The molecule has 1 heterocycles. The third kappa shape index (κ3) is 10.6. The van der Waals surface area contributed by atoms with E-state index in [9.17, 15) is 5.11 Å². The van der Waals surface area contributed by atoms with Crippen molar-refractivity contribution in [1.29, 1.82) is 0 Å². The molecule has 0 aliphatic carbocycles. The molecule has 24 heavy (non-hydrogen) atoms. The molecule has 1 N–H and O–H groups in total. The lowest BCUT2D eigenvalue weighted by molar-refractivity contribution is -0.319. The lowest BCUT2D eigenvalue weighted by Crippen LogP contribution is -2.65. The quantitative estimate of drug-likeness (QED) is 0.579. The van der Waals surface area contributed by atoms with Gasteiger partial charge in [-0.25, -0.2) is 0 Å². The van der Waals surface area contributed by atoms with Crippen LogP contribution in [0.3, 0.4) is 0 Å². The maximum Gasteiger partial charge on any atom is 0.118 e. The highest BCUT2D eigenvalue weighted by molar-refractivity contribution is 4.92. The van der Waals surface area contributed by atoms with Crippen LogP contribution in [-0.2, 0) is 19.0 Å². The van der Waals surface area contributed by atoms with Gasteiger partial charge in [0.1, 0.15) is 5.60 Å². The minimum absolute atomic E-state index is 0.0802. The van der Waals surface area contributed by atoms with E-state index in [4.69, 9.17) is 19.0 Å². The first-order valence-electron chi connectivity index (χ1n) is 8.95. The van der Waals surface area contributed by atoms with E-state index in [2.05, 4.69) is 20.8 Å². The minimum atomic E-state index is -0.781. The van der Waals surface area contributed by atoms with Gasteiger partial charge in [-0.3, -0.25) is 4.84 Å². The number of hydrogen-bond donors (Lipinski definition) is 1. The Labute approximate surface area is 147 Å². The van der Waals surface area contributed by atoms with Crippen LogP contribution in [0.4, 0.5) is 0 Å². The second-order valence-corrected chi connectivity index (χ2v) is 8.56. The number of aliphatic hydroxyl groups is 1. The first-order chi connectivity index (χ1) is 11.0. The highest BCUT2D eigenvalue weighted by Crippen LogP contribution is 2.24. The number of β-amino-alcohol motifs (C(OH)–C–C–N with tert-alkyl or cyclic N) is 1. The summed E-state index contributed by atoms with van der Waals surface area (Å²) in [7, 11) is 0. The van der Waals surface area contributed by atoms with E-state index >= 15 is 0 Å². The highest BCUT2D eigenvalue weighted by Gasteiger charge is 2.43. The summed E-state index contributed by atoms with van der Waals surface area (Å²) in [5.74, 6) is 0. The molecular weight excluding hydrogens is 310 g/mol. The van der Waals surface area contributed by atoms with Crippen molar-refractivity contribution in [3.8, 4) is 0 Å². The fourth-order valence-electron chi connectivity index (χ4n) is 2.32. The molecule has 0 aromatic rings. The molecule has 1 fully saturated rings. The summed E-state index contributed by atoms with van der Waals surface area (Å²) < 4.78 is 16.7. The van der Waals surface area contributed by atoms with Crippen LogP contribution in [-0.4, -0.2) is 73.1 Å². The number of ether oxygens (including phenoxy) is 3. The van der Waals surface area contributed by atoms with E-state index in [0.717, 1.165) is 19.4 Å². The van der Waals surface area contributed by atoms with Crippen LogP contribution in [0.1, 0.15) is 54.4 Å². The largest absolute Gasteiger partial charge is 0.385 e. The van der Waals surface area contributed by atoms with E-state index in [-0.39, 0.29) is 11.2 Å². The summed E-state index contributed by atoms with van der Waals surface area (Å²) >= 11 is 0. The first kappa shape index (κ1) is 21.8. The molecule has 0 bridgehead atoms. The molecule has 0 amide bonds. The molecule has 0 aromatic carbocycles. The monoisotopic (exact) mass is 347 g/mol. The summed E-state index contributed by atoms with van der Waals surface area (Å²) in [4.78, 5) is 5.67. The summed E-state index contributed by atoms with van der Waals surface area (Å²) in [5, 5.41) is 12.0. The highest BCUT2D eigenvalue weighted by atomic mass is 16.7. The van der Waals surface area contributed by atoms with E-state index < -0.39 is 5.60 Å². The van der Waals surface area contributed by atoms with Gasteiger partial charge in [-0.15, -0.1) is 0 Å². The molecule has 1 aliphatic rings. The Hall–Kier alpha value is -0.240. The molecule has 0 atom stereocenters. The Morgan fingerprint density at radius 3 is 1.92 bits per heavy atom. The van der Waals surface area contributed by atoms with Gasteiger partial charge in [0.05, 0.1) is 30.9 Å². The van der Waals surface area contributed by atoms with Crippen molar-refractivity contribution in [1.82, 2.24) is 5.06 Å². The Bertz CT molecular complexity index is 342. The van der Waals surface area contributed by atoms with Crippen LogP contribution in [0.5, 0.6) is 0 Å². The van der Waals surface area contributed by atoms with Crippen molar-refractivity contribution in [3.63, 3.8) is 0 Å². The van der Waals surface area contributed by atoms with E-state index in [1.165, 1.54) is 0 Å². The summed E-state index contributed by atoms with van der Waals surface area (Å²) in [6, 6.07) is 0. The van der Waals surface area contributed by atoms with Gasteiger partial charge in [-0.2, -0.15) is 5.06 Å². The molecule has 0 radical (unpaired) electrons. The summed E-state index contributed by atoms with van der Waals surface area (Å²) in [6.45, 7) is 16.2. The Kier molecular flexibility index (Phi) is 8.59. The number of nitrogens with zero attached hydrogens (tertiary/aromatic N) is 1. The van der Waals surface area contributed by atoms with E-state index in [1.54, 1.807) is 5.06 Å². The Morgan fingerprint density at radius 2 is 1.38 bits per heavy atom. The fourth-order valence-corrected chi connectivity index (χ4v) is 2.32. The Morgan fingerprint density at radius 1 is 0.833 bits per heavy atom. The van der Waals surface area contributed by atoms with Crippen LogP contribution in [0.25, 0.3) is 0 Å². The molecule has 1 saturated heterocycles. The number of hydrogen-bond acceptors (Lipinski definition) is 6. The van der Waals surface area contributed by atoms with Gasteiger partial charge in [0, 0.05) is 26.4 Å². The van der Waals surface area contributed by atoms with Crippen molar-refractivity contribution in [2.75, 3.05) is 46.1 Å². The van der Waals surface area contributed by atoms with Crippen molar-refractivity contribution < 1.29 is 24.2 Å². The zero-order chi connectivity index (χ0) is 18.3. The average Bonchev–Trinajstić information content (AvgIpc) is 2.36. The lowest BCUT2D eigenvalue weighted by atomic mass is 9.98. The van der Waals surface area contributed by atoms with Crippen LogP contribution < -0.4 is 0 Å². The third-order valence-corrected chi connectivity index (χ3v) is 3.26.